The van der Waals surface area contributed by atoms with Crippen LogP contribution in [0.25, 0.3) is 10.8 Å². The fourth-order valence-electron chi connectivity index (χ4n) is 6.59. The van der Waals surface area contributed by atoms with Gasteiger partial charge in [0, 0.05) is 42.4 Å². The first-order valence-electron chi connectivity index (χ1n) is 14.8. The van der Waals surface area contributed by atoms with Gasteiger partial charge in [0.2, 0.25) is 5.91 Å². The number of amides is 3. The van der Waals surface area contributed by atoms with Crippen LogP contribution >= 0.6 is 11.6 Å². The molecule has 3 amide bonds. The molecule has 0 spiro atoms. The van der Waals surface area contributed by atoms with Gasteiger partial charge in [0.1, 0.15) is 12.4 Å². The first-order chi connectivity index (χ1) is 21.8. The van der Waals surface area contributed by atoms with Crippen molar-refractivity contribution in [3.05, 3.63) is 66.2 Å². The maximum atomic E-state index is 13.6. The van der Waals surface area contributed by atoms with Gasteiger partial charge in [-0.2, -0.15) is 0 Å². The highest BCUT2D eigenvalue weighted by Gasteiger charge is 2.45. The van der Waals surface area contributed by atoms with Crippen LogP contribution in [0.1, 0.15) is 41.1 Å². The zero-order chi connectivity index (χ0) is 31.8. The molecule has 0 saturated carbocycles. The summed E-state index contributed by atoms with van der Waals surface area (Å²) < 4.78 is 16.8. The van der Waals surface area contributed by atoms with Crippen LogP contribution in [-0.4, -0.2) is 84.6 Å². The lowest BCUT2D eigenvalue weighted by atomic mass is 9.95. The normalized spacial score (nSPS) is 20.4. The van der Waals surface area contributed by atoms with E-state index in [2.05, 4.69) is 6.58 Å². The molecule has 0 radical (unpaired) electrons. The first kappa shape index (κ1) is 30.5. The van der Waals surface area contributed by atoms with E-state index in [1.54, 1.807) is 15.9 Å². The Morgan fingerprint density at radius 1 is 1.13 bits per heavy atom. The van der Waals surface area contributed by atoms with Gasteiger partial charge in [-0.3, -0.25) is 9.59 Å². The van der Waals surface area contributed by atoms with Crippen LogP contribution in [0.2, 0.25) is 0 Å². The van der Waals surface area contributed by atoms with Crippen molar-refractivity contribution in [3.63, 3.8) is 0 Å². The van der Waals surface area contributed by atoms with Gasteiger partial charge in [-0.25, -0.2) is 9.69 Å². The number of aliphatic hydroxyl groups excluding tert-OH is 1. The average Bonchev–Trinajstić information content (AvgIpc) is 3.67. The largest absolute Gasteiger partial charge is 0.507 e. The standard InChI is InChI=1S/C33H34ClN3O8/c1-3-12-45-33(42)37-24-16-28(27(43-2)14-22(24)31(40)35-11-6-9-23(35)32(37)41)44-13-10-29(39)36-18-19(17-34)30-21-8-5-4-7-20(21)26(38)15-25(30)36/h3-5,7-8,14-16,19,23,32,38,41H,1,6,9-13,17-18H2,2H3/t19-,23-,32?/m0/s1. The molecule has 3 aliphatic rings. The minimum atomic E-state index is -1.35. The SMILES string of the molecule is C=CCOC(=O)N1c2cc(OCCC(=O)N3C[C@H](CCl)c4c3cc(O)c3ccccc43)c(OC)cc2C(=O)N2CCC[C@H]2C1O. The number of rotatable bonds is 8. The van der Waals surface area contributed by atoms with Gasteiger partial charge in [0.25, 0.3) is 5.91 Å². The van der Waals surface area contributed by atoms with E-state index in [0.717, 1.165) is 15.8 Å². The smallest absolute Gasteiger partial charge is 0.416 e. The first-order valence-corrected chi connectivity index (χ1v) is 15.3. The van der Waals surface area contributed by atoms with Crippen molar-refractivity contribution in [2.24, 2.45) is 0 Å². The van der Waals surface area contributed by atoms with Crippen molar-refractivity contribution >= 4 is 51.7 Å². The number of carbonyl (C=O) groups excluding carboxylic acids is 3. The van der Waals surface area contributed by atoms with Crippen LogP contribution in [0, 0.1) is 0 Å². The average molecular weight is 636 g/mol. The second-order valence-corrected chi connectivity index (χ2v) is 11.5. The van der Waals surface area contributed by atoms with E-state index >= 15 is 0 Å². The van der Waals surface area contributed by atoms with E-state index in [0.29, 0.717) is 42.9 Å². The number of fused-ring (bicyclic) bond motifs is 5. The molecule has 1 saturated heterocycles. The molecule has 3 atom stereocenters. The molecule has 11 nitrogen and oxygen atoms in total. The number of nitrogens with zero attached hydrogens (tertiary/aromatic N) is 3. The summed E-state index contributed by atoms with van der Waals surface area (Å²) >= 11 is 6.32. The quantitative estimate of drug-likeness (QED) is 0.268. The van der Waals surface area contributed by atoms with Crippen LogP contribution in [-0.2, 0) is 9.53 Å². The molecule has 0 aliphatic carbocycles. The van der Waals surface area contributed by atoms with Crippen molar-refractivity contribution in [2.75, 3.05) is 49.1 Å². The van der Waals surface area contributed by atoms with Crippen molar-refractivity contribution < 1.29 is 38.8 Å². The summed E-state index contributed by atoms with van der Waals surface area (Å²) in [6.07, 6.45) is 0.405. The molecule has 3 aliphatic heterocycles. The number of phenolic OH excluding ortho intramolecular Hbond substituents is 1. The highest BCUT2D eigenvalue weighted by Crippen LogP contribution is 2.46. The highest BCUT2D eigenvalue weighted by atomic mass is 35.5. The van der Waals surface area contributed by atoms with Gasteiger partial charge in [0.05, 0.1) is 43.1 Å². The highest BCUT2D eigenvalue weighted by molar-refractivity contribution is 6.19. The van der Waals surface area contributed by atoms with Crippen LogP contribution < -0.4 is 19.3 Å². The molecule has 2 N–H and O–H groups in total. The summed E-state index contributed by atoms with van der Waals surface area (Å²) in [7, 11) is 1.43. The lowest BCUT2D eigenvalue weighted by molar-refractivity contribution is -0.119. The van der Waals surface area contributed by atoms with E-state index < -0.39 is 18.4 Å². The van der Waals surface area contributed by atoms with Crippen molar-refractivity contribution in [1.82, 2.24) is 4.90 Å². The van der Waals surface area contributed by atoms with Crippen LogP contribution in [0.15, 0.2) is 55.1 Å². The Labute approximate surface area is 265 Å². The third kappa shape index (κ3) is 5.29. The summed E-state index contributed by atoms with van der Waals surface area (Å²) in [6, 6.07) is 11.4. The van der Waals surface area contributed by atoms with E-state index in [1.807, 2.05) is 24.3 Å². The van der Waals surface area contributed by atoms with Gasteiger partial charge in [-0.1, -0.05) is 36.9 Å². The van der Waals surface area contributed by atoms with Gasteiger partial charge in [-0.15, -0.1) is 11.6 Å². The molecule has 12 heteroatoms. The molecule has 1 fully saturated rings. The molecule has 45 heavy (non-hydrogen) atoms. The summed E-state index contributed by atoms with van der Waals surface area (Å²) in [6.45, 7) is 4.24. The number of hydrogen-bond acceptors (Lipinski definition) is 8. The number of hydrogen-bond donors (Lipinski definition) is 2. The van der Waals surface area contributed by atoms with Gasteiger partial charge >= 0.3 is 6.09 Å². The molecular weight excluding hydrogens is 602 g/mol. The minimum absolute atomic E-state index is 0.0230. The molecule has 6 rings (SSSR count). The summed E-state index contributed by atoms with van der Waals surface area (Å²) in [4.78, 5) is 44.5. The van der Waals surface area contributed by atoms with E-state index in [1.165, 1.54) is 25.3 Å². The van der Waals surface area contributed by atoms with Crippen molar-refractivity contribution in [3.8, 4) is 17.2 Å². The maximum absolute atomic E-state index is 13.6. The topological polar surface area (TPSA) is 129 Å². The number of halogens is 1. The number of aliphatic hydroxyl groups is 1. The molecular formula is C33H34ClN3O8. The molecule has 3 heterocycles. The van der Waals surface area contributed by atoms with Crippen molar-refractivity contribution in [1.29, 1.82) is 0 Å². The van der Waals surface area contributed by atoms with Crippen LogP contribution in [0.5, 0.6) is 17.2 Å². The Morgan fingerprint density at radius 3 is 2.64 bits per heavy atom. The third-order valence-electron chi connectivity index (χ3n) is 8.67. The Hall–Kier alpha value is -4.48. The number of aromatic hydroxyl groups is 1. The number of alkyl halides is 1. The van der Waals surface area contributed by atoms with Gasteiger partial charge < -0.3 is 34.2 Å². The molecule has 3 aromatic rings. The number of phenols is 1. The summed E-state index contributed by atoms with van der Waals surface area (Å²) in [5, 5.41) is 23.6. The van der Waals surface area contributed by atoms with E-state index in [9.17, 15) is 24.6 Å². The number of ether oxygens (including phenoxy) is 3. The molecule has 0 bridgehead atoms. The lowest BCUT2D eigenvalue weighted by Gasteiger charge is -2.31. The second-order valence-electron chi connectivity index (χ2n) is 11.2. The second kappa shape index (κ2) is 12.5. The van der Waals surface area contributed by atoms with Gasteiger partial charge in [0.15, 0.2) is 17.7 Å². The molecule has 3 aromatic carbocycles. The van der Waals surface area contributed by atoms with Crippen LogP contribution in [0.4, 0.5) is 16.2 Å². The summed E-state index contributed by atoms with van der Waals surface area (Å²) in [5.74, 6) is 0.117. The third-order valence-corrected chi connectivity index (χ3v) is 9.04. The number of anilines is 2. The number of carbonyl (C=O) groups is 3. The Balaban J connectivity index is 1.26. The van der Waals surface area contributed by atoms with E-state index in [-0.39, 0.29) is 65.9 Å². The van der Waals surface area contributed by atoms with Crippen LogP contribution in [0.3, 0.4) is 0 Å². The lowest BCUT2D eigenvalue weighted by Crippen LogP contribution is -2.50. The van der Waals surface area contributed by atoms with Crippen molar-refractivity contribution in [2.45, 2.75) is 37.5 Å². The maximum Gasteiger partial charge on any atom is 0.416 e. The monoisotopic (exact) mass is 635 g/mol. The number of benzene rings is 3. The summed E-state index contributed by atoms with van der Waals surface area (Å²) in [5.41, 5.74) is 1.81. The fraction of sp³-hybridized carbons (Fsp3) is 0.364. The minimum Gasteiger partial charge on any atom is -0.507 e. The Bertz CT molecular complexity index is 1680. The fourth-order valence-corrected chi connectivity index (χ4v) is 6.85. The molecule has 1 unspecified atom stereocenters. The zero-order valence-corrected chi connectivity index (χ0v) is 25.5. The zero-order valence-electron chi connectivity index (χ0n) is 24.8. The van der Waals surface area contributed by atoms with Gasteiger partial charge in [-0.05, 0) is 29.9 Å². The molecule has 236 valence electrons. The predicted molar refractivity (Wildman–Crippen MR) is 169 cm³/mol. The Morgan fingerprint density at radius 2 is 1.91 bits per heavy atom. The predicted octanol–water partition coefficient (Wildman–Crippen LogP) is 4.76. The van der Waals surface area contributed by atoms with E-state index in [4.69, 9.17) is 25.8 Å². The Kier molecular flexibility index (Phi) is 8.48. The molecule has 0 aromatic heterocycles. The number of methoxy groups -OCH3 is 1.